The predicted molar refractivity (Wildman–Crippen MR) is 148 cm³/mol. The van der Waals surface area contributed by atoms with Crippen LogP contribution in [-0.2, 0) is 22.7 Å². The minimum absolute atomic E-state index is 0.0901. The molecule has 0 unspecified atom stereocenters. The van der Waals surface area contributed by atoms with Crippen molar-refractivity contribution < 1.29 is 19.1 Å². The average Bonchev–Trinajstić information content (AvgIpc) is 2.99. The summed E-state index contributed by atoms with van der Waals surface area (Å²) >= 11 is 0. The SMILES string of the molecule is O=C(OCc1ccccc1)c1cccc(-c2ccccc2-c2ccccc2)c1C(=O)OCc1ccccc1. The minimum Gasteiger partial charge on any atom is -0.457 e. The van der Waals surface area contributed by atoms with E-state index in [2.05, 4.69) is 0 Å². The van der Waals surface area contributed by atoms with Crippen molar-refractivity contribution in [3.05, 3.63) is 156 Å². The molecule has 0 saturated carbocycles. The van der Waals surface area contributed by atoms with Gasteiger partial charge in [0.25, 0.3) is 0 Å². The van der Waals surface area contributed by atoms with Crippen molar-refractivity contribution in [1.29, 1.82) is 0 Å². The highest BCUT2D eigenvalue weighted by atomic mass is 16.5. The maximum Gasteiger partial charge on any atom is 0.339 e. The number of rotatable bonds is 8. The van der Waals surface area contributed by atoms with E-state index in [1.54, 1.807) is 12.1 Å². The second kappa shape index (κ2) is 11.8. The molecule has 0 aliphatic carbocycles. The van der Waals surface area contributed by atoms with Crippen LogP contribution in [0.4, 0.5) is 0 Å². The Bertz CT molecular complexity index is 1530. The molecule has 4 nitrogen and oxygen atoms in total. The lowest BCUT2D eigenvalue weighted by molar-refractivity contribution is 0.0426. The van der Waals surface area contributed by atoms with Crippen molar-refractivity contribution in [1.82, 2.24) is 0 Å². The number of hydrogen-bond acceptors (Lipinski definition) is 4. The Balaban J connectivity index is 1.55. The molecule has 0 aliphatic rings. The fourth-order valence-electron chi connectivity index (χ4n) is 4.35. The van der Waals surface area contributed by atoms with E-state index in [4.69, 9.17) is 9.47 Å². The van der Waals surface area contributed by atoms with E-state index in [1.807, 2.05) is 121 Å². The molecule has 0 amide bonds. The van der Waals surface area contributed by atoms with Gasteiger partial charge in [-0.2, -0.15) is 0 Å². The van der Waals surface area contributed by atoms with E-state index in [-0.39, 0.29) is 24.3 Å². The zero-order chi connectivity index (χ0) is 26.2. The first-order valence-electron chi connectivity index (χ1n) is 12.4. The van der Waals surface area contributed by atoms with Crippen LogP contribution in [0.25, 0.3) is 22.3 Å². The molecule has 0 fully saturated rings. The molecule has 5 aromatic rings. The normalized spacial score (nSPS) is 10.5. The van der Waals surface area contributed by atoms with Crippen LogP contribution in [0.2, 0.25) is 0 Å². The minimum atomic E-state index is -0.584. The lowest BCUT2D eigenvalue weighted by Gasteiger charge is -2.17. The summed E-state index contributed by atoms with van der Waals surface area (Å²) in [5.41, 5.74) is 5.45. The molecule has 0 heterocycles. The molecule has 0 spiro atoms. The van der Waals surface area contributed by atoms with Gasteiger partial charge in [-0.1, -0.05) is 127 Å². The summed E-state index contributed by atoms with van der Waals surface area (Å²) in [6.07, 6.45) is 0. The molecule has 0 radical (unpaired) electrons. The van der Waals surface area contributed by atoms with Crippen LogP contribution in [-0.4, -0.2) is 11.9 Å². The monoisotopic (exact) mass is 498 g/mol. The van der Waals surface area contributed by atoms with E-state index in [0.717, 1.165) is 27.8 Å². The first-order valence-corrected chi connectivity index (χ1v) is 12.4. The smallest absolute Gasteiger partial charge is 0.339 e. The number of ether oxygens (including phenoxy) is 2. The highest BCUT2D eigenvalue weighted by molar-refractivity contribution is 6.09. The molecule has 0 aromatic heterocycles. The van der Waals surface area contributed by atoms with E-state index in [0.29, 0.717) is 5.56 Å². The second-order valence-electron chi connectivity index (χ2n) is 8.76. The highest BCUT2D eigenvalue weighted by Crippen LogP contribution is 2.35. The predicted octanol–water partition coefficient (Wildman–Crippen LogP) is 7.73. The van der Waals surface area contributed by atoms with Gasteiger partial charge in [0.05, 0.1) is 11.1 Å². The van der Waals surface area contributed by atoms with E-state index in [9.17, 15) is 9.59 Å². The second-order valence-corrected chi connectivity index (χ2v) is 8.76. The van der Waals surface area contributed by atoms with Gasteiger partial charge in [-0.3, -0.25) is 0 Å². The van der Waals surface area contributed by atoms with Gasteiger partial charge < -0.3 is 9.47 Å². The van der Waals surface area contributed by atoms with Gasteiger partial charge in [0, 0.05) is 0 Å². The quantitative estimate of drug-likeness (QED) is 0.205. The molecule has 0 atom stereocenters. The molecule has 0 bridgehead atoms. The molecule has 4 heteroatoms. The topological polar surface area (TPSA) is 52.6 Å². The Kier molecular flexibility index (Phi) is 7.71. The highest BCUT2D eigenvalue weighted by Gasteiger charge is 2.25. The Hall–Kier alpha value is -4.96. The maximum atomic E-state index is 13.6. The Morgan fingerprint density at radius 1 is 0.447 bits per heavy atom. The molecule has 38 heavy (non-hydrogen) atoms. The number of esters is 2. The molecule has 0 N–H and O–H groups in total. The van der Waals surface area contributed by atoms with Gasteiger partial charge in [-0.15, -0.1) is 0 Å². The van der Waals surface area contributed by atoms with Gasteiger partial charge in [-0.05, 0) is 39.4 Å². The van der Waals surface area contributed by atoms with Gasteiger partial charge in [0.15, 0.2) is 0 Å². The van der Waals surface area contributed by atoms with Crippen molar-refractivity contribution in [2.75, 3.05) is 0 Å². The van der Waals surface area contributed by atoms with Crippen molar-refractivity contribution in [3.63, 3.8) is 0 Å². The Morgan fingerprint density at radius 2 is 0.921 bits per heavy atom. The fourth-order valence-corrected chi connectivity index (χ4v) is 4.35. The fraction of sp³-hybridized carbons (Fsp3) is 0.0588. The van der Waals surface area contributed by atoms with Crippen molar-refractivity contribution >= 4 is 11.9 Å². The first-order chi connectivity index (χ1) is 18.7. The van der Waals surface area contributed by atoms with Crippen molar-refractivity contribution in [3.8, 4) is 22.3 Å². The molecular formula is C34H26O4. The summed E-state index contributed by atoms with van der Waals surface area (Å²) in [7, 11) is 0. The van der Waals surface area contributed by atoms with Crippen LogP contribution in [0, 0.1) is 0 Å². The number of carbonyl (C=O) groups excluding carboxylic acids is 2. The summed E-state index contributed by atoms with van der Waals surface area (Å²) in [6, 6.07) is 41.9. The average molecular weight is 499 g/mol. The zero-order valence-corrected chi connectivity index (χ0v) is 20.7. The summed E-state index contributed by atoms with van der Waals surface area (Å²) < 4.78 is 11.4. The van der Waals surface area contributed by atoms with Gasteiger partial charge in [0.1, 0.15) is 13.2 Å². The summed E-state index contributed by atoms with van der Waals surface area (Å²) in [5.74, 6) is -1.17. The van der Waals surface area contributed by atoms with E-state index < -0.39 is 11.9 Å². The Labute approximate surface area is 222 Å². The molecule has 0 saturated heterocycles. The third-order valence-corrected chi connectivity index (χ3v) is 6.22. The number of benzene rings is 5. The lowest BCUT2D eigenvalue weighted by Crippen LogP contribution is -2.15. The summed E-state index contributed by atoms with van der Waals surface area (Å²) in [4.78, 5) is 27.0. The molecular weight excluding hydrogens is 472 g/mol. The van der Waals surface area contributed by atoms with Gasteiger partial charge >= 0.3 is 11.9 Å². The third-order valence-electron chi connectivity index (χ3n) is 6.22. The molecule has 0 aliphatic heterocycles. The Morgan fingerprint density at radius 3 is 1.53 bits per heavy atom. The largest absolute Gasteiger partial charge is 0.457 e. The van der Waals surface area contributed by atoms with E-state index in [1.165, 1.54) is 0 Å². The number of carbonyl (C=O) groups is 2. The zero-order valence-electron chi connectivity index (χ0n) is 20.7. The first kappa shape index (κ1) is 24.7. The van der Waals surface area contributed by atoms with Crippen LogP contribution < -0.4 is 0 Å². The van der Waals surface area contributed by atoms with Crippen LogP contribution in [0.15, 0.2) is 133 Å². The van der Waals surface area contributed by atoms with Crippen LogP contribution in [0.1, 0.15) is 31.8 Å². The van der Waals surface area contributed by atoms with Gasteiger partial charge in [-0.25, -0.2) is 9.59 Å². The standard InChI is InChI=1S/C34H26O4/c35-33(37-23-25-13-4-1-5-14-25)31-22-12-21-30(32(31)34(36)38-24-26-15-6-2-7-16-26)29-20-11-10-19-28(29)27-17-8-3-9-18-27/h1-22H,23-24H2. The van der Waals surface area contributed by atoms with Gasteiger partial charge in [0.2, 0.25) is 0 Å². The van der Waals surface area contributed by atoms with Crippen LogP contribution >= 0.6 is 0 Å². The maximum absolute atomic E-state index is 13.6. The van der Waals surface area contributed by atoms with Crippen molar-refractivity contribution in [2.45, 2.75) is 13.2 Å². The molecule has 186 valence electrons. The number of hydrogen-bond donors (Lipinski definition) is 0. The van der Waals surface area contributed by atoms with E-state index >= 15 is 0 Å². The third kappa shape index (κ3) is 5.71. The molecule has 5 rings (SSSR count). The lowest BCUT2D eigenvalue weighted by atomic mass is 9.89. The van der Waals surface area contributed by atoms with Crippen LogP contribution in [0.3, 0.4) is 0 Å². The van der Waals surface area contributed by atoms with Crippen molar-refractivity contribution in [2.24, 2.45) is 0 Å². The summed E-state index contributed by atoms with van der Waals surface area (Å²) in [5, 5.41) is 0. The van der Waals surface area contributed by atoms with Crippen LogP contribution in [0.5, 0.6) is 0 Å². The summed E-state index contributed by atoms with van der Waals surface area (Å²) in [6.45, 7) is 0.190. The molecule has 5 aromatic carbocycles.